The molecule has 0 fully saturated rings. The molecule has 13 rings (SSSR count). The van der Waals surface area contributed by atoms with E-state index in [4.69, 9.17) is 8.83 Å². The van der Waals surface area contributed by atoms with Crippen LogP contribution >= 0.6 is 0 Å². The maximum absolute atomic E-state index is 6.62. The molecule has 2 nitrogen and oxygen atoms in total. The maximum Gasteiger partial charge on any atom is 0.139 e. The van der Waals surface area contributed by atoms with Crippen molar-refractivity contribution >= 4 is 97.7 Å². The Labute approximate surface area is 332 Å². The van der Waals surface area contributed by atoms with E-state index in [1.807, 2.05) is 0 Å². The third kappa shape index (κ3) is 4.43. The minimum absolute atomic E-state index is 0.828. The fraction of sp³-hybridized carbons (Fsp3) is 0. The quantitative estimate of drug-likeness (QED) is 0.169. The van der Waals surface area contributed by atoms with Crippen LogP contribution in [-0.2, 0) is 0 Å². The second-order valence-corrected chi connectivity index (χ2v) is 15.5. The van der Waals surface area contributed by atoms with Gasteiger partial charge in [0.1, 0.15) is 22.3 Å². The molecule has 0 saturated carbocycles. The Morgan fingerprint density at radius 2 is 0.741 bits per heavy atom. The predicted molar refractivity (Wildman–Crippen MR) is 245 cm³/mol. The molecule has 0 N–H and O–H groups in total. The van der Waals surface area contributed by atoms with Gasteiger partial charge in [0, 0.05) is 27.6 Å². The Bertz CT molecular complexity index is 3800. The molecule has 58 heavy (non-hydrogen) atoms. The summed E-state index contributed by atoms with van der Waals surface area (Å²) in [5.41, 5.74) is 10.7. The van der Waals surface area contributed by atoms with Crippen molar-refractivity contribution in [1.82, 2.24) is 0 Å². The van der Waals surface area contributed by atoms with E-state index >= 15 is 0 Å². The number of furan rings is 2. The van der Waals surface area contributed by atoms with Gasteiger partial charge in [0.25, 0.3) is 0 Å². The zero-order valence-electron chi connectivity index (χ0n) is 31.3. The summed E-state index contributed by atoms with van der Waals surface area (Å²) in [6.07, 6.45) is 0. The minimum atomic E-state index is 0.828. The lowest BCUT2D eigenvalue weighted by Crippen LogP contribution is -1.93. The smallest absolute Gasteiger partial charge is 0.139 e. The highest BCUT2D eigenvalue weighted by Gasteiger charge is 2.21. The summed E-state index contributed by atoms with van der Waals surface area (Å²) in [6, 6.07) is 70.4. The zero-order chi connectivity index (χ0) is 37.9. The molecule has 0 aliphatic heterocycles. The summed E-state index contributed by atoms with van der Waals surface area (Å²) >= 11 is 0. The lowest BCUT2D eigenvalue weighted by molar-refractivity contribution is 0.656. The van der Waals surface area contributed by atoms with Crippen molar-refractivity contribution in [1.29, 1.82) is 0 Å². The Morgan fingerprint density at radius 1 is 0.241 bits per heavy atom. The van der Waals surface area contributed by atoms with E-state index in [0.717, 1.165) is 49.4 Å². The lowest BCUT2D eigenvalue weighted by atomic mass is 9.83. The summed E-state index contributed by atoms with van der Waals surface area (Å²) in [4.78, 5) is 0. The molecule has 13 aromatic rings. The Balaban J connectivity index is 1.01. The fourth-order valence-electron chi connectivity index (χ4n) is 9.91. The molecule has 0 aliphatic rings. The highest BCUT2D eigenvalue weighted by Crippen LogP contribution is 2.48. The van der Waals surface area contributed by atoms with Crippen LogP contribution in [0.5, 0.6) is 0 Å². The van der Waals surface area contributed by atoms with Crippen LogP contribution in [0.25, 0.3) is 131 Å². The van der Waals surface area contributed by atoms with Gasteiger partial charge in [-0.15, -0.1) is 0 Å². The molecule has 0 radical (unpaired) electrons. The summed E-state index contributed by atoms with van der Waals surface area (Å²) in [7, 11) is 0. The second kappa shape index (κ2) is 11.9. The third-order valence-corrected chi connectivity index (χ3v) is 12.4. The van der Waals surface area contributed by atoms with Crippen molar-refractivity contribution in [3.63, 3.8) is 0 Å². The molecule has 0 unspecified atom stereocenters. The van der Waals surface area contributed by atoms with Gasteiger partial charge in [-0.2, -0.15) is 0 Å². The average molecular weight is 737 g/mol. The molecule has 0 spiro atoms. The van der Waals surface area contributed by atoms with Crippen molar-refractivity contribution in [3.8, 4) is 33.4 Å². The van der Waals surface area contributed by atoms with Gasteiger partial charge in [0.2, 0.25) is 0 Å². The largest absolute Gasteiger partial charge is 0.456 e. The summed E-state index contributed by atoms with van der Waals surface area (Å²) in [5, 5.41) is 16.8. The van der Waals surface area contributed by atoms with E-state index in [2.05, 4.69) is 194 Å². The van der Waals surface area contributed by atoms with E-state index < -0.39 is 0 Å². The Morgan fingerprint density at radius 3 is 1.45 bits per heavy atom. The van der Waals surface area contributed by atoms with Gasteiger partial charge >= 0.3 is 0 Å². The fourth-order valence-corrected chi connectivity index (χ4v) is 9.91. The normalized spacial score (nSPS) is 12.1. The Kier molecular flexibility index (Phi) is 6.47. The van der Waals surface area contributed by atoms with Crippen LogP contribution in [0.1, 0.15) is 0 Å². The minimum Gasteiger partial charge on any atom is -0.456 e. The molecule has 268 valence electrons. The molecule has 2 aromatic heterocycles. The van der Waals surface area contributed by atoms with E-state index in [0.29, 0.717) is 0 Å². The summed E-state index contributed by atoms with van der Waals surface area (Å²) in [6.45, 7) is 0. The SMILES string of the molecule is c1ccc2c(-c3c4ccccc4c(-c4ccc(-c5ccc6c(c5)oc5cc7oc8ccc9ccccc9c8c7cc56)c5ccccc45)c4ccccc34)cccc2c1. The first-order valence-electron chi connectivity index (χ1n) is 19.9. The molecule has 0 amide bonds. The standard InChI is InChI=1S/C56H32O2/c1-3-15-36-33(12-1)14-11-23-42(36)54-43-19-7-9-21-45(43)55(46-22-10-8-20-44(46)54)47-28-27-37(39-17-5-6-18-40(39)47)35-24-26-41-48-31-49-53(32-52(48)58-51(41)30-35)57-50-29-25-34-13-2-4-16-38(34)56(49)50/h1-32H. The predicted octanol–water partition coefficient (Wildman–Crippen LogP) is 16.3. The monoisotopic (exact) mass is 736 g/mol. The molecular formula is C56H32O2. The summed E-state index contributed by atoms with van der Waals surface area (Å²) < 4.78 is 13.0. The van der Waals surface area contributed by atoms with Gasteiger partial charge in [0.05, 0.1) is 0 Å². The van der Waals surface area contributed by atoms with Gasteiger partial charge in [-0.05, 0) is 112 Å². The highest BCUT2D eigenvalue weighted by molar-refractivity contribution is 6.26. The van der Waals surface area contributed by atoms with Crippen LogP contribution in [0.4, 0.5) is 0 Å². The molecule has 0 atom stereocenters. The molecular weight excluding hydrogens is 705 g/mol. The number of hydrogen-bond donors (Lipinski definition) is 0. The van der Waals surface area contributed by atoms with Crippen LogP contribution in [-0.4, -0.2) is 0 Å². The van der Waals surface area contributed by atoms with Crippen molar-refractivity contribution in [2.24, 2.45) is 0 Å². The molecule has 2 heteroatoms. The van der Waals surface area contributed by atoms with E-state index in [-0.39, 0.29) is 0 Å². The van der Waals surface area contributed by atoms with Crippen LogP contribution in [0.15, 0.2) is 203 Å². The van der Waals surface area contributed by atoms with Crippen LogP contribution in [0, 0.1) is 0 Å². The van der Waals surface area contributed by atoms with Gasteiger partial charge in [-0.1, -0.05) is 164 Å². The van der Waals surface area contributed by atoms with Crippen molar-refractivity contribution in [2.75, 3.05) is 0 Å². The topological polar surface area (TPSA) is 26.3 Å². The summed E-state index contributed by atoms with van der Waals surface area (Å²) in [5.74, 6) is 0. The van der Waals surface area contributed by atoms with Gasteiger partial charge in [-0.25, -0.2) is 0 Å². The number of fused-ring (bicyclic) bond motifs is 12. The van der Waals surface area contributed by atoms with Crippen molar-refractivity contribution < 1.29 is 8.83 Å². The number of benzene rings is 11. The van der Waals surface area contributed by atoms with Gasteiger partial charge in [-0.3, -0.25) is 0 Å². The van der Waals surface area contributed by atoms with E-state index in [1.165, 1.54) is 81.7 Å². The average Bonchev–Trinajstić information content (AvgIpc) is 3.84. The van der Waals surface area contributed by atoms with E-state index in [9.17, 15) is 0 Å². The second-order valence-electron chi connectivity index (χ2n) is 15.5. The number of hydrogen-bond acceptors (Lipinski definition) is 2. The molecule has 0 bridgehead atoms. The first-order valence-corrected chi connectivity index (χ1v) is 19.9. The maximum atomic E-state index is 6.62. The van der Waals surface area contributed by atoms with Gasteiger partial charge in [0.15, 0.2) is 0 Å². The van der Waals surface area contributed by atoms with Crippen LogP contribution in [0.3, 0.4) is 0 Å². The molecule has 2 heterocycles. The Hall–Kier alpha value is -7.68. The number of rotatable bonds is 3. The first kappa shape index (κ1) is 31.5. The molecule has 0 saturated heterocycles. The molecule has 0 aliphatic carbocycles. The zero-order valence-corrected chi connectivity index (χ0v) is 31.3. The van der Waals surface area contributed by atoms with Gasteiger partial charge < -0.3 is 8.83 Å². The third-order valence-electron chi connectivity index (χ3n) is 12.4. The lowest BCUT2D eigenvalue weighted by Gasteiger charge is -2.20. The van der Waals surface area contributed by atoms with E-state index in [1.54, 1.807) is 0 Å². The molecule has 11 aromatic carbocycles. The van der Waals surface area contributed by atoms with Crippen molar-refractivity contribution in [3.05, 3.63) is 194 Å². The van der Waals surface area contributed by atoms with Crippen LogP contribution in [0.2, 0.25) is 0 Å². The van der Waals surface area contributed by atoms with Crippen molar-refractivity contribution in [2.45, 2.75) is 0 Å². The first-order chi connectivity index (χ1) is 28.8. The highest BCUT2D eigenvalue weighted by atomic mass is 16.3. The van der Waals surface area contributed by atoms with Crippen LogP contribution < -0.4 is 0 Å².